The first-order chi connectivity index (χ1) is 13.9. The standard InChI is InChI=1S/C21H18ClN3O3S/c1-13-9-15(22)10-16-20(13)23-21(29-16)25(11-14-5-3-2-4-6-14)19(28)12-24-17(26)7-8-18(24)27/h2-6,9-10H,7-8,11-12H2,1H3. The van der Waals surface area contributed by atoms with Crippen LogP contribution in [0.3, 0.4) is 0 Å². The Morgan fingerprint density at radius 3 is 2.55 bits per heavy atom. The van der Waals surface area contributed by atoms with Crippen molar-refractivity contribution in [3.63, 3.8) is 0 Å². The SMILES string of the molecule is Cc1cc(Cl)cc2sc(N(Cc3ccccc3)C(=O)CN3C(=O)CCC3=O)nc12. The number of hydrogen-bond donors (Lipinski definition) is 0. The highest BCUT2D eigenvalue weighted by atomic mass is 35.5. The summed E-state index contributed by atoms with van der Waals surface area (Å²) in [6, 6.07) is 13.2. The van der Waals surface area contributed by atoms with Crippen LogP contribution < -0.4 is 4.90 Å². The van der Waals surface area contributed by atoms with Crippen molar-refractivity contribution in [1.29, 1.82) is 0 Å². The molecular weight excluding hydrogens is 410 g/mol. The van der Waals surface area contributed by atoms with Crippen molar-refractivity contribution in [3.8, 4) is 0 Å². The van der Waals surface area contributed by atoms with Gasteiger partial charge in [-0.25, -0.2) is 4.98 Å². The topological polar surface area (TPSA) is 70.6 Å². The minimum atomic E-state index is -0.347. The summed E-state index contributed by atoms with van der Waals surface area (Å²) in [7, 11) is 0. The number of amides is 3. The van der Waals surface area contributed by atoms with E-state index in [0.29, 0.717) is 16.7 Å². The molecule has 4 rings (SSSR count). The van der Waals surface area contributed by atoms with Crippen LogP contribution >= 0.6 is 22.9 Å². The normalized spacial score (nSPS) is 14.1. The summed E-state index contributed by atoms with van der Waals surface area (Å²) in [6.07, 6.45) is 0.313. The molecule has 2 heterocycles. The summed E-state index contributed by atoms with van der Waals surface area (Å²) in [4.78, 5) is 44.3. The first-order valence-electron chi connectivity index (χ1n) is 9.16. The predicted molar refractivity (Wildman–Crippen MR) is 113 cm³/mol. The van der Waals surface area contributed by atoms with Gasteiger partial charge in [-0.2, -0.15) is 0 Å². The molecule has 1 aromatic heterocycles. The van der Waals surface area contributed by atoms with Gasteiger partial charge in [-0.1, -0.05) is 53.3 Å². The summed E-state index contributed by atoms with van der Waals surface area (Å²) in [5.74, 6) is -0.967. The highest BCUT2D eigenvalue weighted by molar-refractivity contribution is 7.22. The second-order valence-electron chi connectivity index (χ2n) is 6.90. The Hall–Kier alpha value is -2.77. The lowest BCUT2D eigenvalue weighted by Gasteiger charge is -2.22. The van der Waals surface area contributed by atoms with Gasteiger partial charge in [0.2, 0.25) is 17.7 Å². The minimum absolute atomic E-state index is 0.156. The number of nitrogens with zero attached hydrogens (tertiary/aromatic N) is 3. The van der Waals surface area contributed by atoms with Gasteiger partial charge in [0.25, 0.3) is 0 Å². The molecule has 0 radical (unpaired) electrons. The van der Waals surface area contributed by atoms with Crippen LogP contribution in [0.15, 0.2) is 42.5 Å². The lowest BCUT2D eigenvalue weighted by Crippen LogP contribution is -2.42. The van der Waals surface area contributed by atoms with Gasteiger partial charge in [-0.05, 0) is 30.2 Å². The molecule has 2 aromatic carbocycles. The van der Waals surface area contributed by atoms with E-state index in [9.17, 15) is 14.4 Å². The molecule has 0 spiro atoms. The maximum absolute atomic E-state index is 13.1. The van der Waals surface area contributed by atoms with Crippen molar-refractivity contribution >= 4 is 56.0 Å². The van der Waals surface area contributed by atoms with E-state index in [-0.39, 0.29) is 37.1 Å². The summed E-state index contributed by atoms with van der Waals surface area (Å²) in [6.45, 7) is 1.94. The lowest BCUT2D eigenvalue weighted by atomic mass is 10.2. The molecule has 3 aromatic rings. The van der Waals surface area contributed by atoms with Crippen molar-refractivity contribution in [2.75, 3.05) is 11.4 Å². The minimum Gasteiger partial charge on any atom is -0.282 e. The van der Waals surface area contributed by atoms with Crippen LogP contribution in [0.1, 0.15) is 24.0 Å². The molecule has 1 aliphatic heterocycles. The van der Waals surface area contributed by atoms with Gasteiger partial charge in [0, 0.05) is 17.9 Å². The van der Waals surface area contributed by atoms with Gasteiger partial charge >= 0.3 is 0 Å². The van der Waals surface area contributed by atoms with Crippen LogP contribution in [0, 0.1) is 6.92 Å². The summed E-state index contributed by atoms with van der Waals surface area (Å²) in [5.41, 5.74) is 2.63. The third kappa shape index (κ3) is 4.02. The first kappa shape index (κ1) is 19.5. The molecule has 0 N–H and O–H groups in total. The van der Waals surface area contributed by atoms with Crippen LogP contribution in [0.2, 0.25) is 5.02 Å². The number of hydrogen-bond acceptors (Lipinski definition) is 5. The molecule has 3 amide bonds. The number of likely N-dealkylation sites (tertiary alicyclic amines) is 1. The van der Waals surface area contributed by atoms with E-state index in [0.717, 1.165) is 26.2 Å². The number of carbonyl (C=O) groups excluding carboxylic acids is 3. The second-order valence-corrected chi connectivity index (χ2v) is 8.35. The molecule has 0 bridgehead atoms. The van der Waals surface area contributed by atoms with Gasteiger partial charge < -0.3 is 0 Å². The zero-order valence-corrected chi connectivity index (χ0v) is 17.3. The van der Waals surface area contributed by atoms with E-state index in [1.165, 1.54) is 16.2 Å². The van der Waals surface area contributed by atoms with Gasteiger partial charge in [-0.3, -0.25) is 24.2 Å². The number of carbonyl (C=O) groups is 3. The van der Waals surface area contributed by atoms with E-state index in [1.54, 1.807) is 0 Å². The highest BCUT2D eigenvalue weighted by Crippen LogP contribution is 2.34. The average Bonchev–Trinajstić information content (AvgIpc) is 3.25. The molecule has 148 valence electrons. The Bertz CT molecular complexity index is 1100. The third-order valence-electron chi connectivity index (χ3n) is 4.80. The summed E-state index contributed by atoms with van der Waals surface area (Å²) < 4.78 is 0.879. The predicted octanol–water partition coefficient (Wildman–Crippen LogP) is 3.94. The molecule has 0 aliphatic carbocycles. The number of anilines is 1. The molecule has 6 nitrogen and oxygen atoms in total. The summed E-state index contributed by atoms with van der Waals surface area (Å²) >= 11 is 7.53. The highest BCUT2D eigenvalue weighted by Gasteiger charge is 2.33. The number of halogens is 1. The van der Waals surface area contributed by atoms with E-state index in [4.69, 9.17) is 11.6 Å². The van der Waals surface area contributed by atoms with Crippen LogP contribution in [-0.2, 0) is 20.9 Å². The molecule has 8 heteroatoms. The van der Waals surface area contributed by atoms with Gasteiger partial charge in [0.15, 0.2) is 5.13 Å². The van der Waals surface area contributed by atoms with Crippen LogP contribution in [0.25, 0.3) is 10.2 Å². The molecule has 0 atom stereocenters. The van der Waals surface area contributed by atoms with Crippen LogP contribution in [-0.4, -0.2) is 34.2 Å². The quantitative estimate of drug-likeness (QED) is 0.578. The molecule has 1 aliphatic rings. The maximum Gasteiger partial charge on any atom is 0.249 e. The van der Waals surface area contributed by atoms with Crippen molar-refractivity contribution in [1.82, 2.24) is 9.88 Å². The smallest absolute Gasteiger partial charge is 0.249 e. The van der Waals surface area contributed by atoms with E-state index >= 15 is 0 Å². The van der Waals surface area contributed by atoms with Gasteiger partial charge in [0.05, 0.1) is 16.8 Å². The molecule has 1 fully saturated rings. The van der Waals surface area contributed by atoms with Crippen LogP contribution in [0.4, 0.5) is 5.13 Å². The number of benzene rings is 2. The molecule has 1 saturated heterocycles. The fourth-order valence-electron chi connectivity index (χ4n) is 3.31. The number of aromatic nitrogens is 1. The fraction of sp³-hybridized carbons (Fsp3) is 0.238. The van der Waals surface area contributed by atoms with E-state index < -0.39 is 0 Å². The molecule has 0 unspecified atom stereocenters. The van der Waals surface area contributed by atoms with Crippen molar-refractivity contribution in [3.05, 3.63) is 58.6 Å². The van der Waals surface area contributed by atoms with Gasteiger partial charge in [-0.15, -0.1) is 0 Å². The Morgan fingerprint density at radius 2 is 1.86 bits per heavy atom. The number of thiazole rings is 1. The van der Waals surface area contributed by atoms with Gasteiger partial charge in [0.1, 0.15) is 6.54 Å². The number of imide groups is 1. The third-order valence-corrected chi connectivity index (χ3v) is 6.05. The number of fused-ring (bicyclic) bond motifs is 1. The van der Waals surface area contributed by atoms with Crippen molar-refractivity contribution in [2.24, 2.45) is 0 Å². The Kier molecular flexibility index (Phi) is 5.34. The Morgan fingerprint density at radius 1 is 1.17 bits per heavy atom. The lowest BCUT2D eigenvalue weighted by molar-refractivity contribution is -0.141. The second kappa shape index (κ2) is 7.93. The molecule has 0 saturated carbocycles. The number of aryl methyl sites for hydroxylation is 1. The van der Waals surface area contributed by atoms with Crippen molar-refractivity contribution in [2.45, 2.75) is 26.3 Å². The fourth-order valence-corrected chi connectivity index (χ4v) is 4.74. The van der Waals surface area contributed by atoms with Crippen LogP contribution in [0.5, 0.6) is 0 Å². The Balaban J connectivity index is 1.70. The monoisotopic (exact) mass is 427 g/mol. The zero-order chi connectivity index (χ0) is 20.5. The molecular formula is C21H18ClN3O3S. The first-order valence-corrected chi connectivity index (χ1v) is 10.4. The largest absolute Gasteiger partial charge is 0.282 e. The average molecular weight is 428 g/mol. The summed E-state index contributed by atoms with van der Waals surface area (Å²) in [5, 5.41) is 1.12. The maximum atomic E-state index is 13.1. The van der Waals surface area contributed by atoms with E-state index in [1.807, 2.05) is 49.4 Å². The molecule has 29 heavy (non-hydrogen) atoms. The van der Waals surface area contributed by atoms with E-state index in [2.05, 4.69) is 4.98 Å². The number of rotatable bonds is 5. The zero-order valence-electron chi connectivity index (χ0n) is 15.7. The Labute approximate surface area is 176 Å². The van der Waals surface area contributed by atoms with Crippen molar-refractivity contribution < 1.29 is 14.4 Å².